The van der Waals surface area contributed by atoms with Crippen LogP contribution in [0.15, 0.2) is 18.5 Å². The van der Waals surface area contributed by atoms with E-state index in [0.717, 1.165) is 0 Å². The van der Waals surface area contributed by atoms with Gasteiger partial charge < -0.3 is 10.1 Å². The van der Waals surface area contributed by atoms with Gasteiger partial charge in [0.05, 0.1) is 5.02 Å². The quantitative estimate of drug-likeness (QED) is 0.806. The Morgan fingerprint density at radius 3 is 2.64 bits per heavy atom. The number of carbonyl (C=O) groups excluding carboxylic acids is 2. The van der Waals surface area contributed by atoms with Gasteiger partial charge in [-0.3, -0.25) is 9.78 Å². The van der Waals surface area contributed by atoms with Crippen molar-refractivity contribution in [3.8, 4) is 0 Å². The Morgan fingerprint density at radius 2 is 2.05 bits per heavy atom. The highest BCUT2D eigenvalue weighted by atomic mass is 35.5. The molecule has 0 saturated carbocycles. The minimum Gasteiger partial charge on any atom is -0.444 e. The molecule has 1 unspecified atom stereocenters. The first kappa shape index (κ1) is 18.4. The van der Waals surface area contributed by atoms with Crippen LogP contribution in [0.3, 0.4) is 0 Å². The summed E-state index contributed by atoms with van der Waals surface area (Å²) in [5, 5.41) is 3.16. The lowest BCUT2D eigenvalue weighted by Crippen LogP contribution is -2.34. The van der Waals surface area contributed by atoms with E-state index in [2.05, 4.69) is 10.3 Å². The fourth-order valence-electron chi connectivity index (χ4n) is 1.76. The van der Waals surface area contributed by atoms with Gasteiger partial charge in [-0.25, -0.2) is 4.79 Å². The molecule has 0 bridgehead atoms. The number of nitrogens with zero attached hydrogens (tertiary/aromatic N) is 1. The van der Waals surface area contributed by atoms with E-state index < -0.39 is 11.7 Å². The van der Waals surface area contributed by atoms with Gasteiger partial charge in [0.25, 0.3) is 0 Å². The number of halogens is 1. The minimum atomic E-state index is -0.511. The molecule has 122 valence electrons. The summed E-state index contributed by atoms with van der Waals surface area (Å²) in [6.07, 6.45) is 3.62. The average molecular weight is 327 g/mol. The van der Waals surface area contributed by atoms with Gasteiger partial charge in [-0.05, 0) is 39.2 Å². The van der Waals surface area contributed by atoms with Gasteiger partial charge in [0.15, 0.2) is 5.78 Å². The molecule has 1 aromatic rings. The highest BCUT2D eigenvalue weighted by Crippen LogP contribution is 2.14. The molecule has 1 aromatic heterocycles. The maximum absolute atomic E-state index is 12.0. The molecule has 0 aliphatic rings. The molecule has 22 heavy (non-hydrogen) atoms. The Kier molecular flexibility index (Phi) is 6.81. The van der Waals surface area contributed by atoms with Crippen LogP contribution in [-0.2, 0) is 4.74 Å². The number of nitrogens with one attached hydrogen (secondary N) is 1. The number of pyridine rings is 1. The largest absolute Gasteiger partial charge is 0.444 e. The first-order chi connectivity index (χ1) is 10.2. The molecule has 0 aliphatic carbocycles. The second kappa shape index (κ2) is 8.13. The van der Waals surface area contributed by atoms with E-state index in [4.69, 9.17) is 16.3 Å². The third kappa shape index (κ3) is 7.41. The SMILES string of the molecule is CC(CCC(=O)c1cncc(Cl)c1)CNC(=O)OC(C)(C)C. The molecule has 1 atom stereocenters. The van der Waals surface area contributed by atoms with E-state index in [0.29, 0.717) is 30.0 Å². The van der Waals surface area contributed by atoms with Gasteiger partial charge in [0, 0.05) is 30.9 Å². The number of rotatable bonds is 6. The Bertz CT molecular complexity index is 526. The van der Waals surface area contributed by atoms with Crippen molar-refractivity contribution in [2.24, 2.45) is 5.92 Å². The van der Waals surface area contributed by atoms with Gasteiger partial charge >= 0.3 is 6.09 Å². The van der Waals surface area contributed by atoms with Crippen LogP contribution in [0.25, 0.3) is 0 Å². The molecule has 1 heterocycles. The molecule has 5 nitrogen and oxygen atoms in total. The second-order valence-electron chi connectivity index (χ2n) is 6.34. The summed E-state index contributed by atoms with van der Waals surface area (Å²) in [5.41, 5.74) is 0.00266. The molecule has 1 N–H and O–H groups in total. The average Bonchev–Trinajstić information content (AvgIpc) is 2.40. The number of hydrogen-bond acceptors (Lipinski definition) is 4. The minimum absolute atomic E-state index is 0.000817. The zero-order valence-corrected chi connectivity index (χ0v) is 14.2. The van der Waals surface area contributed by atoms with Crippen LogP contribution < -0.4 is 5.32 Å². The van der Waals surface area contributed by atoms with Crippen molar-refractivity contribution < 1.29 is 14.3 Å². The fourth-order valence-corrected chi connectivity index (χ4v) is 1.93. The molecular formula is C16H23ClN2O3. The van der Waals surface area contributed by atoms with Crippen molar-refractivity contribution in [1.82, 2.24) is 10.3 Å². The van der Waals surface area contributed by atoms with E-state index in [1.54, 1.807) is 6.07 Å². The van der Waals surface area contributed by atoms with Gasteiger partial charge in [-0.15, -0.1) is 0 Å². The number of aromatic nitrogens is 1. The molecule has 1 amide bonds. The number of ketones is 1. The number of hydrogen-bond donors (Lipinski definition) is 1. The van der Waals surface area contributed by atoms with Gasteiger partial charge in [0.2, 0.25) is 0 Å². The predicted molar refractivity (Wildman–Crippen MR) is 86.2 cm³/mol. The van der Waals surface area contributed by atoms with Crippen molar-refractivity contribution in [2.75, 3.05) is 6.54 Å². The Hall–Kier alpha value is -1.62. The van der Waals surface area contributed by atoms with Crippen LogP contribution in [-0.4, -0.2) is 29.0 Å². The van der Waals surface area contributed by atoms with Gasteiger partial charge in [0.1, 0.15) is 5.60 Å². The standard InChI is InChI=1S/C16H23ClN2O3/c1-11(8-19-15(21)22-16(2,3)4)5-6-14(20)12-7-13(17)10-18-9-12/h7,9-11H,5-6,8H2,1-4H3,(H,19,21). The summed E-state index contributed by atoms with van der Waals surface area (Å²) in [4.78, 5) is 27.5. The highest BCUT2D eigenvalue weighted by molar-refractivity contribution is 6.30. The maximum Gasteiger partial charge on any atom is 0.407 e. The molecule has 0 radical (unpaired) electrons. The number of amides is 1. The molecule has 0 spiro atoms. The summed E-state index contributed by atoms with van der Waals surface area (Å²) in [5.74, 6) is 0.169. The van der Waals surface area contributed by atoms with Crippen molar-refractivity contribution in [2.45, 2.75) is 46.1 Å². The Morgan fingerprint density at radius 1 is 1.36 bits per heavy atom. The number of ether oxygens (including phenoxy) is 1. The fraction of sp³-hybridized carbons (Fsp3) is 0.562. The summed E-state index contributed by atoms with van der Waals surface area (Å²) in [6, 6.07) is 1.61. The maximum atomic E-state index is 12.0. The summed E-state index contributed by atoms with van der Waals surface area (Å²) in [6.45, 7) is 7.88. The van der Waals surface area contributed by atoms with Crippen molar-refractivity contribution in [3.05, 3.63) is 29.0 Å². The molecule has 0 saturated heterocycles. The predicted octanol–water partition coefficient (Wildman–Crippen LogP) is 3.86. The van der Waals surface area contributed by atoms with E-state index in [1.807, 2.05) is 27.7 Å². The molecule has 0 aromatic carbocycles. The summed E-state index contributed by atoms with van der Waals surface area (Å²) in [7, 11) is 0. The molecule has 6 heteroatoms. The van der Waals surface area contributed by atoms with E-state index in [1.165, 1.54) is 12.4 Å². The lowest BCUT2D eigenvalue weighted by Gasteiger charge is -2.20. The number of carbonyl (C=O) groups is 2. The van der Waals surface area contributed by atoms with E-state index in [-0.39, 0.29) is 11.7 Å². The topological polar surface area (TPSA) is 68.3 Å². The smallest absolute Gasteiger partial charge is 0.407 e. The normalized spacial score (nSPS) is 12.6. The number of Topliss-reactive ketones (excluding diaryl/α,β-unsaturated/α-hetero) is 1. The van der Waals surface area contributed by atoms with Crippen molar-refractivity contribution >= 4 is 23.5 Å². The Labute approximate surface area is 136 Å². The third-order valence-electron chi connectivity index (χ3n) is 2.88. The number of alkyl carbamates (subject to hydrolysis) is 1. The monoisotopic (exact) mass is 326 g/mol. The highest BCUT2D eigenvalue weighted by Gasteiger charge is 2.17. The van der Waals surface area contributed by atoms with E-state index >= 15 is 0 Å². The molecule has 0 fully saturated rings. The molecular weight excluding hydrogens is 304 g/mol. The first-order valence-electron chi connectivity index (χ1n) is 7.28. The third-order valence-corrected chi connectivity index (χ3v) is 3.09. The summed E-state index contributed by atoms with van der Waals surface area (Å²) < 4.78 is 5.16. The zero-order valence-electron chi connectivity index (χ0n) is 13.5. The second-order valence-corrected chi connectivity index (χ2v) is 6.78. The van der Waals surface area contributed by atoms with Crippen molar-refractivity contribution in [1.29, 1.82) is 0 Å². The van der Waals surface area contributed by atoms with E-state index in [9.17, 15) is 9.59 Å². The zero-order chi connectivity index (χ0) is 16.8. The lowest BCUT2D eigenvalue weighted by molar-refractivity contribution is 0.0520. The van der Waals surface area contributed by atoms with Crippen LogP contribution >= 0.6 is 11.6 Å². The van der Waals surface area contributed by atoms with Crippen LogP contribution in [0.4, 0.5) is 4.79 Å². The van der Waals surface area contributed by atoms with Crippen LogP contribution in [0, 0.1) is 5.92 Å². The van der Waals surface area contributed by atoms with Crippen LogP contribution in [0.2, 0.25) is 5.02 Å². The van der Waals surface area contributed by atoms with Gasteiger partial charge in [-0.1, -0.05) is 18.5 Å². The van der Waals surface area contributed by atoms with Gasteiger partial charge in [-0.2, -0.15) is 0 Å². The van der Waals surface area contributed by atoms with Crippen molar-refractivity contribution in [3.63, 3.8) is 0 Å². The van der Waals surface area contributed by atoms with Crippen LogP contribution in [0.1, 0.15) is 50.9 Å². The lowest BCUT2D eigenvalue weighted by atomic mass is 10.0. The molecule has 0 aliphatic heterocycles. The first-order valence-corrected chi connectivity index (χ1v) is 7.66. The summed E-state index contributed by atoms with van der Waals surface area (Å²) >= 11 is 5.81. The molecule has 1 rings (SSSR count). The Balaban J connectivity index is 2.32. The van der Waals surface area contributed by atoms with Crippen LogP contribution in [0.5, 0.6) is 0 Å².